The summed E-state index contributed by atoms with van der Waals surface area (Å²) in [4.78, 5) is 30.7. The van der Waals surface area contributed by atoms with E-state index in [9.17, 15) is 9.59 Å². The van der Waals surface area contributed by atoms with E-state index in [1.54, 1.807) is 18.2 Å². The molecule has 0 aliphatic carbocycles. The van der Waals surface area contributed by atoms with Crippen LogP contribution in [-0.4, -0.2) is 34.1 Å². The Morgan fingerprint density at radius 1 is 1.20 bits per heavy atom. The summed E-state index contributed by atoms with van der Waals surface area (Å²) in [7, 11) is 1.26. The molecule has 2 rings (SSSR count). The molecule has 0 aliphatic rings. The van der Waals surface area contributed by atoms with E-state index >= 15 is 0 Å². The predicted molar refractivity (Wildman–Crippen MR) is 70.9 cm³/mol. The molecule has 0 fully saturated rings. The molecule has 1 N–H and O–H groups in total. The van der Waals surface area contributed by atoms with Gasteiger partial charge in [-0.15, -0.1) is 0 Å². The van der Waals surface area contributed by atoms with Crippen LogP contribution >= 0.6 is 11.8 Å². The number of nitrogens with zero attached hydrogens (tertiary/aromatic N) is 2. The average molecular weight is 290 g/mol. The molecule has 0 aliphatic heterocycles. The summed E-state index contributed by atoms with van der Waals surface area (Å²) in [6.45, 7) is 0. The fraction of sp³-hybridized carbons (Fsp3) is 0.0769. The molecular weight excluding hydrogens is 280 g/mol. The largest absolute Gasteiger partial charge is 0.478 e. The van der Waals surface area contributed by atoms with Gasteiger partial charge in [0.25, 0.3) is 0 Å². The maximum Gasteiger partial charge on any atom is 0.376 e. The van der Waals surface area contributed by atoms with Gasteiger partial charge in [0, 0.05) is 11.1 Å². The number of hydrogen-bond acceptors (Lipinski definition) is 6. The summed E-state index contributed by atoms with van der Waals surface area (Å²) < 4.78 is 4.55. The number of rotatable bonds is 4. The van der Waals surface area contributed by atoms with Gasteiger partial charge in [-0.05, 0) is 30.3 Å². The first-order valence-electron chi connectivity index (χ1n) is 5.52. The van der Waals surface area contributed by atoms with Crippen LogP contribution in [0.4, 0.5) is 0 Å². The van der Waals surface area contributed by atoms with E-state index in [-0.39, 0.29) is 11.4 Å². The highest BCUT2D eigenvalue weighted by Crippen LogP contribution is 2.25. The molecule has 0 saturated carbocycles. The number of hydrogen-bond donors (Lipinski definition) is 1. The van der Waals surface area contributed by atoms with Gasteiger partial charge in [-0.1, -0.05) is 11.8 Å². The Morgan fingerprint density at radius 2 is 1.90 bits per heavy atom. The first-order valence-corrected chi connectivity index (χ1v) is 6.34. The van der Waals surface area contributed by atoms with E-state index in [0.717, 1.165) is 4.90 Å². The average Bonchev–Trinajstić information content (AvgIpc) is 2.47. The van der Waals surface area contributed by atoms with Crippen molar-refractivity contribution in [3.8, 4) is 0 Å². The molecule has 2 aromatic rings. The minimum Gasteiger partial charge on any atom is -0.478 e. The zero-order chi connectivity index (χ0) is 14.5. The van der Waals surface area contributed by atoms with Crippen molar-refractivity contribution >= 4 is 23.7 Å². The molecule has 102 valence electrons. The van der Waals surface area contributed by atoms with Crippen LogP contribution in [0.2, 0.25) is 0 Å². The summed E-state index contributed by atoms with van der Waals surface area (Å²) >= 11 is 1.30. The number of aromatic nitrogens is 2. The van der Waals surface area contributed by atoms with Crippen molar-refractivity contribution in [3.63, 3.8) is 0 Å². The number of aromatic carboxylic acids is 1. The number of esters is 1. The minimum atomic E-state index is -0.975. The van der Waals surface area contributed by atoms with Crippen molar-refractivity contribution in [2.24, 2.45) is 0 Å². The second kappa shape index (κ2) is 6.16. The normalized spacial score (nSPS) is 10.1. The highest BCUT2D eigenvalue weighted by molar-refractivity contribution is 7.99. The van der Waals surface area contributed by atoms with Crippen molar-refractivity contribution < 1.29 is 19.4 Å². The van der Waals surface area contributed by atoms with Gasteiger partial charge in [0.2, 0.25) is 5.82 Å². The quantitative estimate of drug-likeness (QED) is 0.681. The lowest BCUT2D eigenvalue weighted by atomic mass is 10.2. The van der Waals surface area contributed by atoms with E-state index in [1.807, 2.05) is 0 Å². The lowest BCUT2D eigenvalue weighted by molar-refractivity contribution is 0.0585. The van der Waals surface area contributed by atoms with Crippen LogP contribution in [0, 0.1) is 0 Å². The van der Waals surface area contributed by atoms with E-state index in [4.69, 9.17) is 5.11 Å². The van der Waals surface area contributed by atoms with Gasteiger partial charge < -0.3 is 9.84 Å². The number of methoxy groups -OCH3 is 1. The molecule has 7 heteroatoms. The zero-order valence-corrected chi connectivity index (χ0v) is 11.3. The fourth-order valence-electron chi connectivity index (χ4n) is 1.37. The van der Waals surface area contributed by atoms with Gasteiger partial charge in [0.1, 0.15) is 5.03 Å². The van der Waals surface area contributed by atoms with Crippen molar-refractivity contribution in [3.05, 3.63) is 47.9 Å². The second-order valence-corrected chi connectivity index (χ2v) is 4.74. The van der Waals surface area contributed by atoms with Crippen LogP contribution in [0.3, 0.4) is 0 Å². The van der Waals surface area contributed by atoms with Crippen molar-refractivity contribution in [2.45, 2.75) is 9.92 Å². The lowest BCUT2D eigenvalue weighted by Gasteiger charge is -2.03. The van der Waals surface area contributed by atoms with Gasteiger partial charge in [-0.25, -0.2) is 19.6 Å². The summed E-state index contributed by atoms with van der Waals surface area (Å²) in [5.74, 6) is -1.59. The molecule has 0 atom stereocenters. The summed E-state index contributed by atoms with van der Waals surface area (Å²) in [6, 6.07) is 8.02. The molecule has 0 saturated heterocycles. The number of carboxylic acids is 1. The van der Waals surface area contributed by atoms with E-state index in [2.05, 4.69) is 14.7 Å². The number of carboxylic acid groups (broad SMARTS) is 1. The molecular formula is C13H10N2O4S. The SMILES string of the molecule is COC(=O)c1nccc(Sc2ccc(C(=O)O)cc2)n1. The molecule has 0 bridgehead atoms. The number of carbonyl (C=O) groups excluding carboxylic acids is 1. The third-order valence-corrected chi connectivity index (χ3v) is 3.27. The standard InChI is InChI=1S/C13H10N2O4S/c1-19-13(18)11-14-7-6-10(15-11)20-9-4-2-8(3-5-9)12(16)17/h2-7H,1H3,(H,16,17). The van der Waals surface area contributed by atoms with Crippen LogP contribution < -0.4 is 0 Å². The number of carbonyl (C=O) groups is 2. The second-order valence-electron chi connectivity index (χ2n) is 3.64. The summed E-state index contributed by atoms with van der Waals surface area (Å²) in [5, 5.41) is 9.38. The number of ether oxygens (including phenoxy) is 1. The van der Waals surface area contributed by atoms with Gasteiger partial charge in [-0.3, -0.25) is 0 Å². The van der Waals surface area contributed by atoms with Gasteiger partial charge in [0.05, 0.1) is 12.7 Å². The summed E-state index contributed by atoms with van der Waals surface area (Å²) in [5.41, 5.74) is 0.215. The topological polar surface area (TPSA) is 89.4 Å². The molecule has 0 radical (unpaired) electrons. The van der Waals surface area contributed by atoms with Gasteiger partial charge >= 0.3 is 11.9 Å². The summed E-state index contributed by atoms with van der Waals surface area (Å²) in [6.07, 6.45) is 1.47. The highest BCUT2D eigenvalue weighted by Gasteiger charge is 2.10. The van der Waals surface area contributed by atoms with Crippen molar-refractivity contribution in [2.75, 3.05) is 7.11 Å². The molecule has 0 spiro atoms. The van der Waals surface area contributed by atoms with E-state index in [0.29, 0.717) is 5.03 Å². The van der Waals surface area contributed by atoms with Crippen molar-refractivity contribution in [1.29, 1.82) is 0 Å². The Morgan fingerprint density at radius 3 is 2.50 bits per heavy atom. The Hall–Kier alpha value is -2.41. The Balaban J connectivity index is 2.17. The molecule has 6 nitrogen and oxygen atoms in total. The third-order valence-electron chi connectivity index (χ3n) is 2.32. The Bertz CT molecular complexity index is 643. The van der Waals surface area contributed by atoms with Gasteiger partial charge in [0.15, 0.2) is 0 Å². The van der Waals surface area contributed by atoms with E-state index in [1.165, 1.54) is 37.2 Å². The molecule has 20 heavy (non-hydrogen) atoms. The molecule has 0 unspecified atom stereocenters. The predicted octanol–water partition coefficient (Wildman–Crippen LogP) is 2.11. The highest BCUT2D eigenvalue weighted by atomic mass is 32.2. The maximum atomic E-state index is 11.3. The van der Waals surface area contributed by atoms with Crippen LogP contribution in [-0.2, 0) is 4.74 Å². The van der Waals surface area contributed by atoms with Crippen molar-refractivity contribution in [1.82, 2.24) is 9.97 Å². The monoisotopic (exact) mass is 290 g/mol. The molecule has 1 aromatic heterocycles. The van der Waals surface area contributed by atoms with Crippen LogP contribution in [0.25, 0.3) is 0 Å². The smallest absolute Gasteiger partial charge is 0.376 e. The van der Waals surface area contributed by atoms with E-state index < -0.39 is 11.9 Å². The van der Waals surface area contributed by atoms with Crippen LogP contribution in [0.5, 0.6) is 0 Å². The minimum absolute atomic E-state index is 0.0142. The Kier molecular flexibility index (Phi) is 4.31. The van der Waals surface area contributed by atoms with Crippen LogP contribution in [0.15, 0.2) is 46.5 Å². The first-order chi connectivity index (χ1) is 9.60. The Labute approximate surface area is 118 Å². The third kappa shape index (κ3) is 3.33. The lowest BCUT2D eigenvalue weighted by Crippen LogP contribution is -2.07. The molecule has 1 aromatic carbocycles. The zero-order valence-electron chi connectivity index (χ0n) is 10.4. The maximum absolute atomic E-state index is 11.3. The van der Waals surface area contributed by atoms with Crippen LogP contribution in [0.1, 0.15) is 21.0 Å². The van der Waals surface area contributed by atoms with Gasteiger partial charge in [-0.2, -0.15) is 0 Å². The number of benzene rings is 1. The fourth-order valence-corrected chi connectivity index (χ4v) is 2.15. The molecule has 1 heterocycles. The molecule has 0 amide bonds. The first kappa shape index (κ1) is 14.0.